The smallest absolute Gasteiger partial charge is 0.316 e. The highest BCUT2D eigenvalue weighted by atomic mass is 35.5. The molecule has 4 aromatic rings. The van der Waals surface area contributed by atoms with Crippen LogP contribution in [0.25, 0.3) is 0 Å². The summed E-state index contributed by atoms with van der Waals surface area (Å²) in [5.41, 5.74) is 1.18. The Morgan fingerprint density at radius 2 is 1.22 bits per heavy atom. The summed E-state index contributed by atoms with van der Waals surface area (Å²) in [6.45, 7) is 4.47. The van der Waals surface area contributed by atoms with Crippen LogP contribution in [0.5, 0.6) is 23.0 Å². The average molecular weight is 659 g/mol. The van der Waals surface area contributed by atoms with Crippen molar-refractivity contribution in [1.29, 1.82) is 0 Å². The lowest BCUT2D eigenvalue weighted by Crippen LogP contribution is -2.25. The van der Waals surface area contributed by atoms with Gasteiger partial charge in [-0.15, -0.1) is 0 Å². The van der Waals surface area contributed by atoms with Crippen LogP contribution in [0.1, 0.15) is 24.5 Å². The van der Waals surface area contributed by atoms with E-state index in [1.54, 1.807) is 6.07 Å². The molecule has 0 aliphatic heterocycles. The molecule has 1 N–H and O–H groups in total. The van der Waals surface area contributed by atoms with Crippen molar-refractivity contribution in [2.24, 2.45) is 0 Å². The summed E-state index contributed by atoms with van der Waals surface area (Å²) < 4.78 is 16.8. The largest absolute Gasteiger partial charge is 0.504 e. The van der Waals surface area contributed by atoms with E-state index in [0.717, 1.165) is 30.2 Å². The lowest BCUT2D eigenvalue weighted by molar-refractivity contribution is -0.386. The van der Waals surface area contributed by atoms with Gasteiger partial charge in [-0.3, -0.25) is 20.2 Å². The third kappa shape index (κ3) is 11.1. The van der Waals surface area contributed by atoms with E-state index in [0.29, 0.717) is 13.2 Å². The summed E-state index contributed by atoms with van der Waals surface area (Å²) in [6, 6.07) is 23.8. The number of aromatic hydroxyl groups is 1. The number of likely N-dealkylation sites (N-methyl/N-ethyl adjacent to an activating group) is 1. The van der Waals surface area contributed by atoms with Gasteiger partial charge in [-0.1, -0.05) is 90.8 Å². The molecule has 0 spiro atoms. The number of nitro benzene ring substituents is 2. The Morgan fingerprint density at radius 3 is 1.73 bits per heavy atom. The van der Waals surface area contributed by atoms with Gasteiger partial charge in [0.2, 0.25) is 11.5 Å². The van der Waals surface area contributed by atoms with E-state index >= 15 is 0 Å². The van der Waals surface area contributed by atoms with Crippen molar-refractivity contribution in [2.75, 3.05) is 26.7 Å². The first-order chi connectivity index (χ1) is 21.6. The second-order valence-electron chi connectivity index (χ2n) is 9.74. The maximum atomic E-state index is 11.4. The molecule has 13 heteroatoms. The van der Waals surface area contributed by atoms with E-state index in [1.165, 1.54) is 12.1 Å². The molecule has 0 fully saturated rings. The summed E-state index contributed by atoms with van der Waals surface area (Å²) in [7, 11) is 2.00. The molecule has 0 saturated heterocycles. The van der Waals surface area contributed by atoms with Gasteiger partial charge in [0, 0.05) is 30.8 Å². The lowest BCUT2D eigenvalue weighted by atomic mass is 10.2. The topological polar surface area (TPSA) is 137 Å². The van der Waals surface area contributed by atoms with Crippen LogP contribution in [-0.4, -0.2) is 46.6 Å². The molecule has 0 aliphatic carbocycles. The van der Waals surface area contributed by atoms with E-state index in [1.807, 2.05) is 67.7 Å². The molecule has 0 aliphatic rings. The van der Waals surface area contributed by atoms with Crippen molar-refractivity contribution in [3.63, 3.8) is 0 Å². The molecule has 0 atom stereocenters. The summed E-state index contributed by atoms with van der Waals surface area (Å²) in [5, 5.41) is 32.3. The van der Waals surface area contributed by atoms with E-state index in [-0.39, 0.29) is 57.6 Å². The van der Waals surface area contributed by atoms with E-state index < -0.39 is 9.85 Å². The van der Waals surface area contributed by atoms with Crippen LogP contribution >= 0.6 is 23.2 Å². The molecule has 0 saturated carbocycles. The minimum atomic E-state index is -0.647. The second-order valence-corrected chi connectivity index (χ2v) is 10.6. The van der Waals surface area contributed by atoms with Gasteiger partial charge < -0.3 is 24.2 Å². The van der Waals surface area contributed by atoms with Crippen molar-refractivity contribution >= 4 is 34.6 Å². The molecule has 45 heavy (non-hydrogen) atoms. The molecule has 0 heterocycles. The standard InChI is InChI=1S/C19H23ClN2O4.C13H10ClNO4/c1-3-9-21(2)10-11-25-18-13-16(20)12-17(22(23)24)19(18)26-14-15-7-5-4-6-8-15;14-10-6-11(15(17)18)13(12(16)7-10)19-8-9-4-2-1-3-5-9/h4-8,12-13H,3,9-11,14H2,1-2H3;1-7,16H,8H2. The zero-order chi connectivity index (χ0) is 32.8. The van der Waals surface area contributed by atoms with Gasteiger partial charge in [0.05, 0.1) is 19.9 Å². The van der Waals surface area contributed by atoms with Crippen molar-refractivity contribution in [1.82, 2.24) is 4.90 Å². The van der Waals surface area contributed by atoms with Gasteiger partial charge in [0.15, 0.2) is 11.5 Å². The van der Waals surface area contributed by atoms with Crippen LogP contribution in [0.4, 0.5) is 11.4 Å². The molecule has 238 valence electrons. The number of nitrogens with zero attached hydrogens (tertiary/aromatic N) is 3. The number of nitro groups is 2. The van der Waals surface area contributed by atoms with Crippen LogP contribution in [0.2, 0.25) is 10.0 Å². The molecule has 11 nitrogen and oxygen atoms in total. The fourth-order valence-electron chi connectivity index (χ4n) is 4.06. The molecule has 0 aromatic heterocycles. The Morgan fingerprint density at radius 1 is 0.733 bits per heavy atom. The van der Waals surface area contributed by atoms with E-state index in [9.17, 15) is 25.3 Å². The first kappa shape index (κ1) is 34.9. The zero-order valence-electron chi connectivity index (χ0n) is 24.7. The van der Waals surface area contributed by atoms with Gasteiger partial charge in [-0.2, -0.15) is 0 Å². The number of hydrogen-bond donors (Lipinski definition) is 1. The van der Waals surface area contributed by atoms with Gasteiger partial charge in [-0.05, 0) is 31.1 Å². The Kier molecular flexibility index (Phi) is 13.7. The molecule has 0 amide bonds. The Balaban J connectivity index is 0.000000257. The Hall–Kier alpha value is -4.58. The van der Waals surface area contributed by atoms with Crippen molar-refractivity contribution in [2.45, 2.75) is 26.6 Å². The first-order valence-electron chi connectivity index (χ1n) is 13.9. The first-order valence-corrected chi connectivity index (χ1v) is 14.6. The van der Waals surface area contributed by atoms with Crippen molar-refractivity contribution in [3.8, 4) is 23.0 Å². The number of hydrogen-bond acceptors (Lipinski definition) is 9. The maximum Gasteiger partial charge on any atom is 0.316 e. The average Bonchev–Trinajstić information content (AvgIpc) is 3.01. The fourth-order valence-corrected chi connectivity index (χ4v) is 4.47. The number of ether oxygens (including phenoxy) is 3. The normalized spacial score (nSPS) is 10.5. The quantitative estimate of drug-likeness (QED) is 0.105. The molecule has 0 bridgehead atoms. The van der Waals surface area contributed by atoms with Crippen LogP contribution in [0.15, 0.2) is 84.9 Å². The number of phenols is 1. The van der Waals surface area contributed by atoms with E-state index in [4.69, 9.17) is 37.4 Å². The number of rotatable bonds is 14. The predicted octanol–water partition coefficient (Wildman–Crippen LogP) is 8.08. The van der Waals surface area contributed by atoms with Crippen LogP contribution in [0, 0.1) is 20.2 Å². The third-order valence-electron chi connectivity index (χ3n) is 6.20. The predicted molar refractivity (Wildman–Crippen MR) is 173 cm³/mol. The second kappa shape index (κ2) is 17.6. The van der Waals surface area contributed by atoms with E-state index in [2.05, 4.69) is 11.8 Å². The third-order valence-corrected chi connectivity index (χ3v) is 6.63. The highest BCUT2D eigenvalue weighted by molar-refractivity contribution is 6.31. The summed E-state index contributed by atoms with van der Waals surface area (Å²) in [6.07, 6.45) is 1.05. The van der Waals surface area contributed by atoms with Crippen molar-refractivity contribution < 1.29 is 29.2 Å². The highest BCUT2D eigenvalue weighted by Crippen LogP contribution is 2.41. The molecular formula is C32H33Cl2N3O8. The number of benzene rings is 4. The molecule has 0 radical (unpaired) electrons. The number of halogens is 2. The molecule has 4 aromatic carbocycles. The van der Waals surface area contributed by atoms with Crippen LogP contribution in [-0.2, 0) is 13.2 Å². The van der Waals surface area contributed by atoms with Crippen molar-refractivity contribution in [3.05, 3.63) is 126 Å². The molecule has 0 unspecified atom stereocenters. The van der Waals surface area contributed by atoms with Gasteiger partial charge in [0.1, 0.15) is 19.8 Å². The number of phenolic OH excluding ortho intramolecular Hbond substituents is 1. The van der Waals surface area contributed by atoms with Gasteiger partial charge in [-0.25, -0.2) is 0 Å². The highest BCUT2D eigenvalue weighted by Gasteiger charge is 2.23. The monoisotopic (exact) mass is 657 g/mol. The minimum absolute atomic E-state index is 0.0799. The fraction of sp³-hybridized carbons (Fsp3) is 0.250. The molecular weight excluding hydrogens is 625 g/mol. The summed E-state index contributed by atoms with van der Waals surface area (Å²) >= 11 is 11.7. The summed E-state index contributed by atoms with van der Waals surface area (Å²) in [4.78, 5) is 23.3. The van der Waals surface area contributed by atoms with Gasteiger partial charge >= 0.3 is 11.4 Å². The van der Waals surface area contributed by atoms with Gasteiger partial charge in [0.25, 0.3) is 0 Å². The Labute approximate surface area is 270 Å². The zero-order valence-corrected chi connectivity index (χ0v) is 26.2. The minimum Gasteiger partial charge on any atom is -0.504 e. The lowest BCUT2D eigenvalue weighted by Gasteiger charge is -2.17. The maximum absolute atomic E-state index is 11.4. The van der Waals surface area contributed by atoms with Crippen LogP contribution < -0.4 is 14.2 Å². The SMILES string of the molecule is CCCN(C)CCOc1cc(Cl)cc([N+](=O)[O-])c1OCc1ccccc1.O=[N+]([O-])c1cc(Cl)cc(O)c1OCc1ccccc1. The molecule has 4 rings (SSSR count). The van der Waals surface area contributed by atoms with Crippen LogP contribution in [0.3, 0.4) is 0 Å². The summed E-state index contributed by atoms with van der Waals surface area (Å²) in [5.74, 6) is -0.153. The Bertz CT molecular complexity index is 1560.